The summed E-state index contributed by atoms with van der Waals surface area (Å²) in [5.41, 5.74) is 1.24. The molecule has 1 aliphatic heterocycles. The number of hydrogen-bond acceptors (Lipinski definition) is 3. The summed E-state index contributed by atoms with van der Waals surface area (Å²) in [6.45, 7) is 1.94. The third kappa shape index (κ3) is 2.34. The molecule has 0 saturated carbocycles. The number of fused-ring (bicyclic) bond motifs is 1. The number of nitrogens with one attached hydrogen (secondary N) is 2. The molecule has 0 bridgehead atoms. The van der Waals surface area contributed by atoms with Gasteiger partial charge in [-0.1, -0.05) is 6.92 Å². The van der Waals surface area contributed by atoms with Crippen LogP contribution in [0.2, 0.25) is 0 Å². The second-order valence-electron chi connectivity index (χ2n) is 4.29. The molecule has 1 heterocycles. The van der Waals surface area contributed by atoms with Crippen molar-refractivity contribution in [3.63, 3.8) is 0 Å². The van der Waals surface area contributed by atoms with Crippen LogP contribution in [0, 0.1) is 17.1 Å². The highest BCUT2D eigenvalue weighted by Gasteiger charge is 2.31. The van der Waals surface area contributed by atoms with Crippen LogP contribution in [0.1, 0.15) is 31.4 Å². The minimum absolute atomic E-state index is 0.0695. The highest BCUT2D eigenvalue weighted by Crippen LogP contribution is 2.31. The first kappa shape index (κ1) is 12.5. The number of carbonyl (C=O) groups excluding carboxylic acids is 1. The molecule has 94 valence electrons. The first-order chi connectivity index (χ1) is 8.65. The molecule has 2 unspecified atom stereocenters. The monoisotopic (exact) mass is 247 g/mol. The van der Waals surface area contributed by atoms with E-state index < -0.39 is 6.04 Å². The first-order valence-electron chi connectivity index (χ1n) is 5.89. The minimum atomic E-state index is -0.575. The Kier molecular flexibility index (Phi) is 3.58. The summed E-state index contributed by atoms with van der Waals surface area (Å²) in [5, 5.41) is 14.5. The normalized spacial score (nSPS) is 18.9. The predicted octanol–water partition coefficient (Wildman–Crippen LogP) is 2.10. The molecule has 1 aliphatic rings. The molecule has 1 aromatic carbocycles. The number of halogens is 1. The SMILES string of the molecule is CCC(CC#N)NC1C(=O)Nc2ccc(F)cc21. The average Bonchev–Trinajstić information content (AvgIpc) is 2.65. The zero-order chi connectivity index (χ0) is 13.1. The van der Waals surface area contributed by atoms with Gasteiger partial charge in [-0.3, -0.25) is 10.1 Å². The van der Waals surface area contributed by atoms with Gasteiger partial charge in [0.15, 0.2) is 0 Å². The van der Waals surface area contributed by atoms with Crippen LogP contribution in [0.15, 0.2) is 18.2 Å². The number of hydrogen-bond donors (Lipinski definition) is 2. The molecule has 2 atom stereocenters. The van der Waals surface area contributed by atoms with Crippen molar-refractivity contribution in [1.29, 1.82) is 5.26 Å². The van der Waals surface area contributed by atoms with Crippen LogP contribution in [0.25, 0.3) is 0 Å². The van der Waals surface area contributed by atoms with E-state index in [9.17, 15) is 9.18 Å². The molecule has 0 saturated heterocycles. The molecule has 1 aromatic rings. The Hall–Kier alpha value is -1.93. The highest BCUT2D eigenvalue weighted by molar-refractivity contribution is 6.02. The Labute approximate surface area is 105 Å². The third-order valence-electron chi connectivity index (χ3n) is 3.08. The maximum atomic E-state index is 13.2. The lowest BCUT2D eigenvalue weighted by molar-refractivity contribution is -0.117. The van der Waals surface area contributed by atoms with Crippen molar-refractivity contribution < 1.29 is 9.18 Å². The molecule has 5 heteroatoms. The lowest BCUT2D eigenvalue weighted by Crippen LogP contribution is -2.35. The molecule has 0 aromatic heterocycles. The van der Waals surface area contributed by atoms with Gasteiger partial charge in [0, 0.05) is 17.3 Å². The fraction of sp³-hybridized carbons (Fsp3) is 0.385. The fourth-order valence-electron chi connectivity index (χ4n) is 2.06. The van der Waals surface area contributed by atoms with Gasteiger partial charge < -0.3 is 5.32 Å². The van der Waals surface area contributed by atoms with Crippen molar-refractivity contribution in [1.82, 2.24) is 5.32 Å². The molecule has 2 rings (SSSR count). The Morgan fingerprint density at radius 1 is 1.61 bits per heavy atom. The quantitative estimate of drug-likeness (QED) is 0.856. The Balaban J connectivity index is 2.22. The van der Waals surface area contributed by atoms with Gasteiger partial charge in [-0.15, -0.1) is 0 Å². The number of carbonyl (C=O) groups is 1. The van der Waals surface area contributed by atoms with E-state index in [0.29, 0.717) is 17.7 Å². The highest BCUT2D eigenvalue weighted by atomic mass is 19.1. The molecular formula is C13H14FN3O. The largest absolute Gasteiger partial charge is 0.324 e. The summed E-state index contributed by atoms with van der Waals surface area (Å²) in [5.74, 6) is -0.572. The van der Waals surface area contributed by atoms with Crippen molar-refractivity contribution in [2.45, 2.75) is 31.8 Å². The van der Waals surface area contributed by atoms with Crippen LogP contribution in [-0.4, -0.2) is 11.9 Å². The van der Waals surface area contributed by atoms with Gasteiger partial charge in [0.25, 0.3) is 0 Å². The van der Waals surface area contributed by atoms with E-state index in [2.05, 4.69) is 16.7 Å². The predicted molar refractivity (Wildman–Crippen MR) is 65.2 cm³/mol. The third-order valence-corrected chi connectivity index (χ3v) is 3.08. The second kappa shape index (κ2) is 5.15. The summed E-state index contributed by atoms with van der Waals surface area (Å²) in [6, 6.07) is 5.65. The Morgan fingerprint density at radius 3 is 3.06 bits per heavy atom. The lowest BCUT2D eigenvalue weighted by atomic mass is 10.0. The smallest absolute Gasteiger partial charge is 0.246 e. The molecule has 2 N–H and O–H groups in total. The Bertz CT molecular complexity index is 509. The van der Waals surface area contributed by atoms with Gasteiger partial charge in [-0.05, 0) is 24.6 Å². The molecule has 0 radical (unpaired) electrons. The van der Waals surface area contributed by atoms with Crippen molar-refractivity contribution in [3.05, 3.63) is 29.6 Å². The summed E-state index contributed by atoms with van der Waals surface area (Å²) in [6.07, 6.45) is 1.06. The first-order valence-corrected chi connectivity index (χ1v) is 5.89. The summed E-state index contributed by atoms with van der Waals surface area (Å²) >= 11 is 0. The van der Waals surface area contributed by atoms with Gasteiger partial charge in [0.2, 0.25) is 5.91 Å². The van der Waals surface area contributed by atoms with E-state index in [1.807, 2.05) is 6.92 Å². The van der Waals surface area contributed by atoms with Crippen molar-refractivity contribution >= 4 is 11.6 Å². The van der Waals surface area contributed by atoms with Crippen LogP contribution in [0.3, 0.4) is 0 Å². The van der Waals surface area contributed by atoms with Gasteiger partial charge in [-0.2, -0.15) is 5.26 Å². The van der Waals surface area contributed by atoms with Crippen molar-refractivity contribution in [2.75, 3.05) is 5.32 Å². The van der Waals surface area contributed by atoms with Gasteiger partial charge in [-0.25, -0.2) is 4.39 Å². The standard InChI is InChI=1S/C13H14FN3O/c1-2-9(5-6-15)16-12-10-7-8(14)3-4-11(10)17-13(12)18/h3-4,7,9,12,16H,2,5H2,1H3,(H,17,18). The van der Waals surface area contributed by atoms with E-state index in [1.54, 1.807) is 6.07 Å². The zero-order valence-electron chi connectivity index (χ0n) is 10.0. The van der Waals surface area contributed by atoms with Crippen LogP contribution >= 0.6 is 0 Å². The summed E-state index contributed by atoms with van der Waals surface area (Å²) in [7, 11) is 0. The molecule has 0 aliphatic carbocycles. The Morgan fingerprint density at radius 2 is 2.39 bits per heavy atom. The number of anilines is 1. The number of rotatable bonds is 4. The van der Waals surface area contributed by atoms with E-state index in [-0.39, 0.29) is 17.8 Å². The van der Waals surface area contributed by atoms with Crippen LogP contribution in [0.5, 0.6) is 0 Å². The van der Waals surface area contributed by atoms with E-state index in [4.69, 9.17) is 5.26 Å². The van der Waals surface area contributed by atoms with E-state index in [1.165, 1.54) is 12.1 Å². The van der Waals surface area contributed by atoms with Gasteiger partial charge >= 0.3 is 0 Å². The summed E-state index contributed by atoms with van der Waals surface area (Å²) in [4.78, 5) is 11.8. The van der Waals surface area contributed by atoms with Crippen LogP contribution < -0.4 is 10.6 Å². The molecule has 0 fully saturated rings. The molecular weight excluding hydrogens is 233 g/mol. The van der Waals surface area contributed by atoms with Crippen molar-refractivity contribution in [2.24, 2.45) is 0 Å². The maximum Gasteiger partial charge on any atom is 0.246 e. The van der Waals surface area contributed by atoms with Crippen molar-refractivity contribution in [3.8, 4) is 6.07 Å². The van der Waals surface area contributed by atoms with Crippen LogP contribution in [-0.2, 0) is 4.79 Å². The fourth-order valence-corrected chi connectivity index (χ4v) is 2.06. The zero-order valence-corrected chi connectivity index (χ0v) is 10.0. The molecule has 0 spiro atoms. The van der Waals surface area contributed by atoms with Crippen LogP contribution in [0.4, 0.5) is 10.1 Å². The lowest BCUT2D eigenvalue weighted by Gasteiger charge is -2.18. The second-order valence-corrected chi connectivity index (χ2v) is 4.29. The van der Waals surface area contributed by atoms with Gasteiger partial charge in [0.1, 0.15) is 11.9 Å². The van der Waals surface area contributed by atoms with E-state index >= 15 is 0 Å². The molecule has 18 heavy (non-hydrogen) atoms. The molecule has 4 nitrogen and oxygen atoms in total. The molecule has 1 amide bonds. The maximum absolute atomic E-state index is 13.2. The topological polar surface area (TPSA) is 64.9 Å². The minimum Gasteiger partial charge on any atom is -0.324 e. The number of nitriles is 1. The van der Waals surface area contributed by atoms with E-state index in [0.717, 1.165) is 6.42 Å². The number of amides is 1. The average molecular weight is 247 g/mol. The number of nitrogens with zero attached hydrogens (tertiary/aromatic N) is 1. The number of benzene rings is 1. The summed E-state index contributed by atoms with van der Waals surface area (Å²) < 4.78 is 13.2. The van der Waals surface area contributed by atoms with Gasteiger partial charge in [0.05, 0.1) is 12.5 Å².